The first-order chi connectivity index (χ1) is 7.22. The van der Waals surface area contributed by atoms with Crippen molar-refractivity contribution in [2.45, 2.75) is 45.7 Å². The summed E-state index contributed by atoms with van der Waals surface area (Å²) in [5.41, 5.74) is 7.53. The Bertz CT molecular complexity index is 318. The molecule has 84 valence electrons. The Labute approximate surface area is 91.7 Å². The molecule has 0 aromatic carbocycles. The van der Waals surface area contributed by atoms with E-state index in [-0.39, 0.29) is 6.04 Å². The minimum atomic E-state index is 0.178. The maximum Gasteiger partial charge on any atom is 0.0554 e. The maximum absolute atomic E-state index is 6.32. The average Bonchev–Trinajstić information content (AvgIpc) is 2.84. The molecule has 0 saturated heterocycles. The quantitative estimate of drug-likeness (QED) is 0.826. The first-order valence-electron chi connectivity index (χ1n) is 5.99. The molecule has 2 N–H and O–H groups in total. The summed E-state index contributed by atoms with van der Waals surface area (Å²) in [5.74, 6) is 1.50. The van der Waals surface area contributed by atoms with Crippen LogP contribution in [-0.4, -0.2) is 9.78 Å². The third kappa shape index (κ3) is 2.07. The zero-order valence-corrected chi connectivity index (χ0v) is 9.69. The number of nitrogens with two attached hydrogens (primary N) is 1. The van der Waals surface area contributed by atoms with Crippen LogP contribution in [0.25, 0.3) is 0 Å². The fourth-order valence-electron chi connectivity index (χ4n) is 2.71. The summed E-state index contributed by atoms with van der Waals surface area (Å²) in [6.07, 6.45) is 5.74. The summed E-state index contributed by atoms with van der Waals surface area (Å²) in [4.78, 5) is 0. The second kappa shape index (κ2) is 4.35. The van der Waals surface area contributed by atoms with Gasteiger partial charge >= 0.3 is 0 Å². The van der Waals surface area contributed by atoms with Crippen LogP contribution in [0.1, 0.15) is 44.8 Å². The molecule has 1 fully saturated rings. The highest BCUT2D eigenvalue weighted by Gasteiger charge is 2.28. The van der Waals surface area contributed by atoms with Crippen molar-refractivity contribution in [3.8, 4) is 0 Å². The van der Waals surface area contributed by atoms with Crippen molar-refractivity contribution in [1.29, 1.82) is 0 Å². The molecule has 3 heteroatoms. The van der Waals surface area contributed by atoms with Gasteiger partial charge < -0.3 is 5.73 Å². The minimum Gasteiger partial charge on any atom is -0.322 e. The Morgan fingerprint density at radius 3 is 3.00 bits per heavy atom. The van der Waals surface area contributed by atoms with E-state index in [0.29, 0.717) is 5.92 Å². The topological polar surface area (TPSA) is 43.8 Å². The van der Waals surface area contributed by atoms with Gasteiger partial charge in [0.25, 0.3) is 0 Å². The van der Waals surface area contributed by atoms with Crippen molar-refractivity contribution in [1.82, 2.24) is 9.78 Å². The first kappa shape index (κ1) is 10.7. The molecule has 3 atom stereocenters. The van der Waals surface area contributed by atoms with E-state index >= 15 is 0 Å². The van der Waals surface area contributed by atoms with Gasteiger partial charge in [-0.25, -0.2) is 0 Å². The molecule has 3 unspecified atom stereocenters. The van der Waals surface area contributed by atoms with Gasteiger partial charge in [-0.3, -0.25) is 4.68 Å². The predicted molar refractivity (Wildman–Crippen MR) is 61.3 cm³/mol. The minimum absolute atomic E-state index is 0.178. The van der Waals surface area contributed by atoms with Crippen molar-refractivity contribution in [3.63, 3.8) is 0 Å². The predicted octanol–water partition coefficient (Wildman–Crippen LogP) is 2.34. The number of aromatic nitrogens is 2. The zero-order chi connectivity index (χ0) is 10.8. The molecule has 1 aromatic rings. The average molecular weight is 207 g/mol. The van der Waals surface area contributed by atoms with E-state index in [1.165, 1.54) is 25.0 Å². The Morgan fingerprint density at radius 2 is 2.40 bits per heavy atom. The lowest BCUT2D eigenvalue weighted by atomic mass is 9.95. The van der Waals surface area contributed by atoms with Crippen LogP contribution in [0.5, 0.6) is 0 Å². The van der Waals surface area contributed by atoms with E-state index < -0.39 is 0 Å². The van der Waals surface area contributed by atoms with Crippen LogP contribution < -0.4 is 5.73 Å². The second-order valence-corrected chi connectivity index (χ2v) is 4.78. The summed E-state index contributed by atoms with van der Waals surface area (Å²) in [6, 6.07) is 2.24. The third-order valence-electron chi connectivity index (χ3n) is 3.63. The second-order valence-electron chi connectivity index (χ2n) is 4.78. The van der Waals surface area contributed by atoms with Gasteiger partial charge in [0.15, 0.2) is 0 Å². The molecule has 0 aliphatic heterocycles. The first-order valence-corrected chi connectivity index (χ1v) is 5.99. The number of hydrogen-bond acceptors (Lipinski definition) is 2. The molecule has 2 rings (SSSR count). The van der Waals surface area contributed by atoms with Gasteiger partial charge in [0.05, 0.1) is 5.69 Å². The highest BCUT2D eigenvalue weighted by atomic mass is 15.3. The number of rotatable bonds is 3. The summed E-state index contributed by atoms with van der Waals surface area (Å²) in [7, 11) is 0. The Hall–Kier alpha value is -0.830. The van der Waals surface area contributed by atoms with E-state index in [2.05, 4.69) is 25.0 Å². The monoisotopic (exact) mass is 207 g/mol. The molecular formula is C12H21N3. The highest BCUT2D eigenvalue weighted by Crippen LogP contribution is 2.37. The Morgan fingerprint density at radius 1 is 1.60 bits per heavy atom. The Balaban J connectivity index is 2.10. The molecule has 1 aromatic heterocycles. The molecule has 0 amide bonds. The summed E-state index contributed by atoms with van der Waals surface area (Å²) in [5, 5.41) is 4.28. The maximum atomic E-state index is 6.32. The van der Waals surface area contributed by atoms with Gasteiger partial charge in [0.2, 0.25) is 0 Å². The molecule has 1 saturated carbocycles. The molecule has 1 aliphatic carbocycles. The van der Waals surface area contributed by atoms with Crippen molar-refractivity contribution in [3.05, 3.63) is 18.0 Å². The number of aryl methyl sites for hydroxylation is 1. The van der Waals surface area contributed by atoms with Crippen molar-refractivity contribution in [2.75, 3.05) is 0 Å². The lowest BCUT2D eigenvalue weighted by Crippen LogP contribution is -2.23. The fourth-order valence-corrected chi connectivity index (χ4v) is 2.71. The molecule has 1 heterocycles. The summed E-state index contributed by atoms with van der Waals surface area (Å²) < 4.78 is 2.02. The van der Waals surface area contributed by atoms with Gasteiger partial charge in [0.1, 0.15) is 0 Å². The van der Waals surface area contributed by atoms with Gasteiger partial charge in [0, 0.05) is 18.8 Å². The van der Waals surface area contributed by atoms with Crippen LogP contribution >= 0.6 is 0 Å². The van der Waals surface area contributed by atoms with Gasteiger partial charge in [-0.05, 0) is 37.7 Å². The molecule has 0 spiro atoms. The third-order valence-corrected chi connectivity index (χ3v) is 3.63. The van der Waals surface area contributed by atoms with E-state index in [9.17, 15) is 0 Å². The zero-order valence-electron chi connectivity index (χ0n) is 9.69. The van der Waals surface area contributed by atoms with Gasteiger partial charge in [-0.2, -0.15) is 5.10 Å². The SMILES string of the molecule is CCn1nccc1C(N)C1CCC(C)C1. The van der Waals surface area contributed by atoms with Crippen LogP contribution in [0.15, 0.2) is 12.3 Å². The lowest BCUT2D eigenvalue weighted by Gasteiger charge is -2.20. The van der Waals surface area contributed by atoms with Crippen LogP contribution in [0.3, 0.4) is 0 Å². The normalized spacial score (nSPS) is 28.2. The lowest BCUT2D eigenvalue weighted by molar-refractivity contribution is 0.403. The largest absolute Gasteiger partial charge is 0.322 e. The van der Waals surface area contributed by atoms with Gasteiger partial charge in [-0.15, -0.1) is 0 Å². The van der Waals surface area contributed by atoms with Crippen molar-refractivity contribution >= 4 is 0 Å². The van der Waals surface area contributed by atoms with Crippen LogP contribution in [0, 0.1) is 11.8 Å². The van der Waals surface area contributed by atoms with Crippen molar-refractivity contribution in [2.24, 2.45) is 17.6 Å². The van der Waals surface area contributed by atoms with E-state index in [1.54, 1.807) is 0 Å². The fraction of sp³-hybridized carbons (Fsp3) is 0.750. The molecule has 0 radical (unpaired) electrons. The highest BCUT2D eigenvalue weighted by molar-refractivity contribution is 5.08. The summed E-state index contributed by atoms with van der Waals surface area (Å²) in [6.45, 7) is 5.35. The summed E-state index contributed by atoms with van der Waals surface area (Å²) >= 11 is 0. The molecule has 3 nitrogen and oxygen atoms in total. The van der Waals surface area contributed by atoms with Crippen molar-refractivity contribution < 1.29 is 0 Å². The van der Waals surface area contributed by atoms with E-state index in [4.69, 9.17) is 5.73 Å². The standard InChI is InChI=1S/C12H21N3/c1-3-15-11(6-7-14-15)12(13)10-5-4-9(2)8-10/h6-7,9-10,12H,3-5,8,13H2,1-2H3. The molecule has 0 bridgehead atoms. The van der Waals surface area contributed by atoms with E-state index in [0.717, 1.165) is 12.5 Å². The molecule has 1 aliphatic rings. The number of hydrogen-bond donors (Lipinski definition) is 1. The van der Waals surface area contributed by atoms with Crippen LogP contribution in [0.2, 0.25) is 0 Å². The number of nitrogens with zero attached hydrogens (tertiary/aromatic N) is 2. The van der Waals surface area contributed by atoms with Gasteiger partial charge in [-0.1, -0.05) is 13.3 Å². The smallest absolute Gasteiger partial charge is 0.0554 e. The molecular weight excluding hydrogens is 186 g/mol. The van der Waals surface area contributed by atoms with Crippen LogP contribution in [-0.2, 0) is 6.54 Å². The molecule has 15 heavy (non-hydrogen) atoms. The Kier molecular flexibility index (Phi) is 3.10. The van der Waals surface area contributed by atoms with Crippen LogP contribution in [0.4, 0.5) is 0 Å². The van der Waals surface area contributed by atoms with E-state index in [1.807, 2.05) is 10.9 Å².